The monoisotopic (exact) mass is 281 g/mol. The highest BCUT2D eigenvalue weighted by Gasteiger charge is 2.30. The fraction of sp³-hybridized carbons (Fsp3) is 0.833. The van der Waals surface area contributed by atoms with Crippen LogP contribution in [0.5, 0.6) is 0 Å². The Morgan fingerprint density at radius 3 is 2.21 bits per heavy atom. The molecule has 110 valence electrons. The smallest absolute Gasteiger partial charge is 0.389 e. The zero-order valence-corrected chi connectivity index (χ0v) is 10.6. The lowest BCUT2D eigenvalue weighted by Crippen LogP contribution is -2.38. The molecule has 1 heterocycles. The van der Waals surface area contributed by atoms with E-state index in [1.807, 2.05) is 0 Å². The maximum Gasteiger partial charge on any atom is 0.389 e. The van der Waals surface area contributed by atoms with E-state index in [0.29, 0.717) is 32.4 Å². The van der Waals surface area contributed by atoms with Gasteiger partial charge < -0.3 is 10.0 Å². The van der Waals surface area contributed by atoms with Gasteiger partial charge in [0.15, 0.2) is 0 Å². The van der Waals surface area contributed by atoms with Crippen molar-refractivity contribution in [2.24, 2.45) is 5.92 Å². The van der Waals surface area contributed by atoms with E-state index >= 15 is 0 Å². The van der Waals surface area contributed by atoms with E-state index in [2.05, 4.69) is 0 Å². The van der Waals surface area contributed by atoms with Crippen LogP contribution in [0.15, 0.2) is 0 Å². The van der Waals surface area contributed by atoms with E-state index < -0.39 is 30.9 Å². The Hall–Kier alpha value is -1.27. The minimum atomic E-state index is -4.30. The Morgan fingerprint density at radius 2 is 1.74 bits per heavy atom. The Bertz CT molecular complexity index is 323. The molecule has 1 aliphatic rings. The molecule has 1 fully saturated rings. The quantitative estimate of drug-likeness (QED) is 0.842. The van der Waals surface area contributed by atoms with E-state index in [9.17, 15) is 22.8 Å². The first kappa shape index (κ1) is 15.8. The van der Waals surface area contributed by atoms with Crippen molar-refractivity contribution >= 4 is 11.9 Å². The maximum absolute atomic E-state index is 12.0. The molecule has 4 nitrogen and oxygen atoms in total. The lowest BCUT2D eigenvalue weighted by molar-refractivity contribution is -0.149. The van der Waals surface area contributed by atoms with Crippen LogP contribution in [0, 0.1) is 5.92 Å². The number of hydrogen-bond donors (Lipinski definition) is 1. The predicted octanol–water partition coefficient (Wildman–Crippen LogP) is 2.43. The van der Waals surface area contributed by atoms with Gasteiger partial charge in [0.05, 0.1) is 6.42 Å². The van der Waals surface area contributed by atoms with Crippen LogP contribution in [0.3, 0.4) is 0 Å². The van der Waals surface area contributed by atoms with Gasteiger partial charge in [0, 0.05) is 25.9 Å². The summed E-state index contributed by atoms with van der Waals surface area (Å²) in [6.45, 7) is 0.863. The average molecular weight is 281 g/mol. The Balaban J connectivity index is 2.25. The Labute approximate surface area is 109 Å². The lowest BCUT2D eigenvalue weighted by Gasteiger charge is -2.32. The van der Waals surface area contributed by atoms with Gasteiger partial charge in [-0.25, -0.2) is 0 Å². The number of carbonyl (C=O) groups excluding carboxylic acids is 1. The highest BCUT2D eigenvalue weighted by Crippen LogP contribution is 2.25. The third-order valence-electron chi connectivity index (χ3n) is 3.36. The molecule has 0 aromatic carbocycles. The van der Waals surface area contributed by atoms with Crippen molar-refractivity contribution in [3.8, 4) is 0 Å². The molecule has 0 aliphatic carbocycles. The fourth-order valence-corrected chi connectivity index (χ4v) is 2.21. The van der Waals surface area contributed by atoms with E-state index in [-0.39, 0.29) is 12.3 Å². The van der Waals surface area contributed by atoms with E-state index in [1.54, 1.807) is 0 Å². The summed E-state index contributed by atoms with van der Waals surface area (Å²) in [5.41, 5.74) is 0. The number of carbonyl (C=O) groups is 2. The summed E-state index contributed by atoms with van der Waals surface area (Å²) in [6, 6.07) is 0. The summed E-state index contributed by atoms with van der Waals surface area (Å²) in [7, 11) is 0. The summed E-state index contributed by atoms with van der Waals surface area (Å²) in [5, 5.41) is 8.56. The molecule has 7 heteroatoms. The van der Waals surface area contributed by atoms with Crippen molar-refractivity contribution < 1.29 is 27.9 Å². The molecule has 0 aromatic heterocycles. The fourth-order valence-electron chi connectivity index (χ4n) is 2.21. The Morgan fingerprint density at radius 1 is 1.16 bits per heavy atom. The summed E-state index contributed by atoms with van der Waals surface area (Å²) >= 11 is 0. The number of rotatable bonds is 5. The number of nitrogens with zero attached hydrogens (tertiary/aromatic N) is 1. The highest BCUT2D eigenvalue weighted by atomic mass is 19.4. The second-order valence-corrected chi connectivity index (χ2v) is 4.87. The van der Waals surface area contributed by atoms with Gasteiger partial charge >= 0.3 is 12.1 Å². The minimum absolute atomic E-state index is 0.104. The summed E-state index contributed by atoms with van der Waals surface area (Å²) in [5.74, 6) is -1.06. The van der Waals surface area contributed by atoms with Gasteiger partial charge in [0.2, 0.25) is 5.91 Å². The van der Waals surface area contributed by atoms with Gasteiger partial charge in [-0.15, -0.1) is 0 Å². The van der Waals surface area contributed by atoms with Gasteiger partial charge in [-0.3, -0.25) is 9.59 Å². The number of halogens is 3. The van der Waals surface area contributed by atoms with E-state index in [1.165, 1.54) is 4.90 Å². The second-order valence-electron chi connectivity index (χ2n) is 4.87. The standard InChI is InChI=1S/C12H18F3NO3/c13-12(14,15)6-3-10(17)16-7-4-9(5-8-16)1-2-11(18)19/h9H,1-8H2,(H,18,19). The normalized spacial score (nSPS) is 17.5. The molecule has 0 radical (unpaired) electrons. The summed E-state index contributed by atoms with van der Waals surface area (Å²) in [6.07, 6.45) is -3.85. The zero-order valence-electron chi connectivity index (χ0n) is 10.6. The summed E-state index contributed by atoms with van der Waals surface area (Å²) in [4.78, 5) is 23.4. The van der Waals surface area contributed by atoms with Crippen molar-refractivity contribution in [1.82, 2.24) is 4.90 Å². The van der Waals surface area contributed by atoms with Crippen LogP contribution in [-0.4, -0.2) is 41.1 Å². The van der Waals surface area contributed by atoms with Crippen LogP contribution >= 0.6 is 0 Å². The van der Waals surface area contributed by atoms with Crippen LogP contribution in [-0.2, 0) is 9.59 Å². The van der Waals surface area contributed by atoms with Gasteiger partial charge in [0.25, 0.3) is 0 Å². The van der Waals surface area contributed by atoms with E-state index in [0.717, 1.165) is 0 Å². The molecular formula is C12H18F3NO3. The predicted molar refractivity (Wildman–Crippen MR) is 61.5 cm³/mol. The molecule has 1 saturated heterocycles. The van der Waals surface area contributed by atoms with Crippen LogP contribution < -0.4 is 0 Å². The zero-order chi connectivity index (χ0) is 14.5. The molecule has 0 saturated carbocycles. The molecule has 0 atom stereocenters. The number of carboxylic acid groups (broad SMARTS) is 1. The summed E-state index contributed by atoms with van der Waals surface area (Å²) < 4.78 is 36.0. The average Bonchev–Trinajstić information content (AvgIpc) is 2.33. The number of amides is 1. The number of hydrogen-bond acceptors (Lipinski definition) is 2. The SMILES string of the molecule is O=C(O)CCC1CCN(C(=O)CCC(F)(F)F)CC1. The molecule has 0 unspecified atom stereocenters. The van der Waals surface area contributed by atoms with Crippen molar-refractivity contribution in [3.63, 3.8) is 0 Å². The molecule has 1 rings (SSSR count). The third-order valence-corrected chi connectivity index (χ3v) is 3.36. The lowest BCUT2D eigenvalue weighted by atomic mass is 9.92. The topological polar surface area (TPSA) is 57.6 Å². The number of piperidine rings is 1. The number of likely N-dealkylation sites (tertiary alicyclic amines) is 1. The van der Waals surface area contributed by atoms with Crippen LogP contribution in [0.1, 0.15) is 38.5 Å². The first-order valence-electron chi connectivity index (χ1n) is 6.34. The molecular weight excluding hydrogens is 263 g/mol. The molecule has 1 aliphatic heterocycles. The van der Waals surface area contributed by atoms with Crippen molar-refractivity contribution in [2.75, 3.05) is 13.1 Å². The molecule has 19 heavy (non-hydrogen) atoms. The first-order chi connectivity index (χ1) is 8.78. The van der Waals surface area contributed by atoms with E-state index in [4.69, 9.17) is 5.11 Å². The van der Waals surface area contributed by atoms with Gasteiger partial charge in [-0.1, -0.05) is 0 Å². The molecule has 0 aromatic rings. The van der Waals surface area contributed by atoms with Crippen molar-refractivity contribution in [3.05, 3.63) is 0 Å². The van der Waals surface area contributed by atoms with Gasteiger partial charge in [-0.05, 0) is 25.2 Å². The van der Waals surface area contributed by atoms with Crippen molar-refractivity contribution in [1.29, 1.82) is 0 Å². The van der Waals surface area contributed by atoms with Gasteiger partial charge in [0.1, 0.15) is 0 Å². The number of alkyl halides is 3. The molecule has 0 bridgehead atoms. The molecule has 0 spiro atoms. The third kappa shape index (κ3) is 6.45. The first-order valence-corrected chi connectivity index (χ1v) is 6.34. The van der Waals surface area contributed by atoms with Gasteiger partial charge in [-0.2, -0.15) is 13.2 Å². The Kier molecular flexibility index (Phi) is 5.62. The molecule has 1 N–H and O–H groups in total. The van der Waals surface area contributed by atoms with Crippen LogP contribution in [0.4, 0.5) is 13.2 Å². The van der Waals surface area contributed by atoms with Crippen LogP contribution in [0.2, 0.25) is 0 Å². The maximum atomic E-state index is 12.0. The molecule has 1 amide bonds. The number of carboxylic acids is 1. The highest BCUT2D eigenvalue weighted by molar-refractivity contribution is 5.76. The second kappa shape index (κ2) is 6.77. The number of aliphatic carboxylic acids is 1. The minimum Gasteiger partial charge on any atom is -0.481 e. The largest absolute Gasteiger partial charge is 0.481 e. The van der Waals surface area contributed by atoms with Crippen LogP contribution in [0.25, 0.3) is 0 Å². The van der Waals surface area contributed by atoms with Crippen molar-refractivity contribution in [2.45, 2.75) is 44.7 Å².